The van der Waals surface area contributed by atoms with E-state index in [0.717, 1.165) is 34.9 Å². The second-order valence-electron chi connectivity index (χ2n) is 8.72. The Kier molecular flexibility index (Phi) is 6.77. The molecule has 0 unspecified atom stereocenters. The number of hydrogen-bond acceptors (Lipinski definition) is 4. The first-order valence-corrected chi connectivity index (χ1v) is 12.2. The van der Waals surface area contributed by atoms with Crippen LogP contribution in [-0.4, -0.2) is 47.0 Å². The molecule has 1 aromatic heterocycles. The lowest BCUT2D eigenvalue weighted by atomic mass is 10.0. The SMILES string of the molecule is Cc1nc(-c2ccccc2)nc(N2CCN(C(=O)c3ccccc3Cl)CC2)c1Cc1ccccc1. The third-order valence-corrected chi connectivity index (χ3v) is 6.75. The maximum absolute atomic E-state index is 13.1. The molecule has 6 heteroatoms. The van der Waals surface area contributed by atoms with E-state index in [9.17, 15) is 4.79 Å². The van der Waals surface area contributed by atoms with E-state index in [2.05, 4.69) is 36.1 Å². The molecule has 1 aliphatic heterocycles. The van der Waals surface area contributed by atoms with Crippen LogP contribution in [0.2, 0.25) is 5.02 Å². The fourth-order valence-electron chi connectivity index (χ4n) is 4.49. The van der Waals surface area contributed by atoms with Crippen LogP contribution in [0.3, 0.4) is 0 Å². The summed E-state index contributed by atoms with van der Waals surface area (Å²) >= 11 is 6.28. The molecule has 3 aromatic carbocycles. The summed E-state index contributed by atoms with van der Waals surface area (Å²) < 4.78 is 0. The van der Waals surface area contributed by atoms with Crippen molar-refractivity contribution < 1.29 is 4.79 Å². The summed E-state index contributed by atoms with van der Waals surface area (Å²) in [6, 6.07) is 27.7. The number of carbonyl (C=O) groups excluding carboxylic acids is 1. The maximum atomic E-state index is 13.1. The Hall–Kier alpha value is -3.70. The number of aryl methyl sites for hydroxylation is 1. The highest BCUT2D eigenvalue weighted by Crippen LogP contribution is 2.29. The van der Waals surface area contributed by atoms with Crippen LogP contribution in [0.4, 0.5) is 5.82 Å². The first-order valence-electron chi connectivity index (χ1n) is 11.9. The van der Waals surface area contributed by atoms with Gasteiger partial charge in [-0.1, -0.05) is 84.4 Å². The van der Waals surface area contributed by atoms with Crippen molar-refractivity contribution in [1.82, 2.24) is 14.9 Å². The fourth-order valence-corrected chi connectivity index (χ4v) is 4.71. The van der Waals surface area contributed by atoms with Crippen molar-refractivity contribution in [3.8, 4) is 11.4 Å². The number of benzene rings is 3. The molecule has 0 saturated carbocycles. The number of halogens is 1. The summed E-state index contributed by atoms with van der Waals surface area (Å²) in [6.45, 7) is 4.68. The van der Waals surface area contributed by atoms with E-state index in [1.807, 2.05) is 53.4 Å². The topological polar surface area (TPSA) is 49.3 Å². The van der Waals surface area contributed by atoms with E-state index in [1.165, 1.54) is 5.56 Å². The smallest absolute Gasteiger partial charge is 0.255 e. The lowest BCUT2D eigenvalue weighted by molar-refractivity contribution is 0.0746. The van der Waals surface area contributed by atoms with Gasteiger partial charge in [0.05, 0.1) is 10.6 Å². The lowest BCUT2D eigenvalue weighted by Crippen LogP contribution is -2.49. The molecule has 1 saturated heterocycles. The number of carbonyl (C=O) groups is 1. The monoisotopic (exact) mass is 482 g/mol. The number of rotatable bonds is 5. The van der Waals surface area contributed by atoms with E-state index in [1.54, 1.807) is 12.1 Å². The Bertz CT molecular complexity index is 1320. The van der Waals surface area contributed by atoms with Gasteiger partial charge in [-0.05, 0) is 24.6 Å². The van der Waals surface area contributed by atoms with E-state index < -0.39 is 0 Å². The molecule has 4 aromatic rings. The van der Waals surface area contributed by atoms with Crippen molar-refractivity contribution in [3.63, 3.8) is 0 Å². The number of nitrogens with zero attached hydrogens (tertiary/aromatic N) is 4. The number of hydrogen-bond donors (Lipinski definition) is 0. The van der Waals surface area contributed by atoms with Gasteiger partial charge in [-0.3, -0.25) is 4.79 Å². The highest BCUT2D eigenvalue weighted by molar-refractivity contribution is 6.33. The number of aromatic nitrogens is 2. The Morgan fingerprint density at radius 2 is 1.46 bits per heavy atom. The molecule has 2 heterocycles. The van der Waals surface area contributed by atoms with Crippen molar-refractivity contribution in [2.24, 2.45) is 0 Å². The predicted octanol–water partition coefficient (Wildman–Crippen LogP) is 5.66. The van der Waals surface area contributed by atoms with Crippen LogP contribution in [0, 0.1) is 6.92 Å². The summed E-state index contributed by atoms with van der Waals surface area (Å²) in [6.07, 6.45) is 0.760. The van der Waals surface area contributed by atoms with Gasteiger partial charge in [0.2, 0.25) is 0 Å². The maximum Gasteiger partial charge on any atom is 0.255 e. The van der Waals surface area contributed by atoms with Gasteiger partial charge < -0.3 is 9.80 Å². The highest BCUT2D eigenvalue weighted by Gasteiger charge is 2.26. The number of piperazine rings is 1. The molecule has 0 radical (unpaired) electrons. The van der Waals surface area contributed by atoms with Crippen LogP contribution in [0.5, 0.6) is 0 Å². The lowest BCUT2D eigenvalue weighted by Gasteiger charge is -2.36. The first kappa shape index (κ1) is 23.1. The highest BCUT2D eigenvalue weighted by atomic mass is 35.5. The van der Waals surface area contributed by atoms with E-state index in [0.29, 0.717) is 36.8 Å². The average Bonchev–Trinajstić information content (AvgIpc) is 2.91. The van der Waals surface area contributed by atoms with E-state index in [4.69, 9.17) is 21.6 Å². The number of anilines is 1. The Labute approximate surface area is 211 Å². The molecule has 0 N–H and O–H groups in total. The van der Waals surface area contributed by atoms with Crippen molar-refractivity contribution in [2.75, 3.05) is 31.1 Å². The summed E-state index contributed by atoms with van der Waals surface area (Å²) in [5.41, 5.74) is 4.88. The van der Waals surface area contributed by atoms with Crippen molar-refractivity contribution in [1.29, 1.82) is 0 Å². The van der Waals surface area contributed by atoms with Crippen LogP contribution in [-0.2, 0) is 6.42 Å². The van der Waals surface area contributed by atoms with Gasteiger partial charge in [-0.25, -0.2) is 9.97 Å². The molecule has 5 rings (SSSR count). The third-order valence-electron chi connectivity index (χ3n) is 6.42. The Balaban J connectivity index is 1.44. The van der Waals surface area contributed by atoms with Crippen LogP contribution in [0.1, 0.15) is 27.2 Å². The quantitative estimate of drug-likeness (QED) is 0.368. The normalized spacial score (nSPS) is 13.7. The molecule has 1 aliphatic rings. The predicted molar refractivity (Wildman–Crippen MR) is 141 cm³/mol. The van der Waals surface area contributed by atoms with Gasteiger partial charge in [0.1, 0.15) is 5.82 Å². The molecule has 0 bridgehead atoms. The number of amides is 1. The minimum Gasteiger partial charge on any atom is -0.353 e. The zero-order valence-corrected chi connectivity index (χ0v) is 20.4. The summed E-state index contributed by atoms with van der Waals surface area (Å²) in [4.78, 5) is 27.2. The molecule has 0 atom stereocenters. The summed E-state index contributed by atoms with van der Waals surface area (Å²) in [5.74, 6) is 1.65. The zero-order chi connectivity index (χ0) is 24.2. The summed E-state index contributed by atoms with van der Waals surface area (Å²) in [7, 11) is 0. The first-order chi connectivity index (χ1) is 17.1. The summed E-state index contributed by atoms with van der Waals surface area (Å²) in [5, 5.41) is 0.490. The molecule has 35 heavy (non-hydrogen) atoms. The van der Waals surface area contributed by atoms with Gasteiger partial charge in [0, 0.05) is 49.4 Å². The van der Waals surface area contributed by atoms with Crippen molar-refractivity contribution >= 4 is 23.3 Å². The van der Waals surface area contributed by atoms with Crippen molar-refractivity contribution in [3.05, 3.63) is 112 Å². The molecule has 5 nitrogen and oxygen atoms in total. The van der Waals surface area contributed by atoms with Crippen LogP contribution in [0.25, 0.3) is 11.4 Å². The van der Waals surface area contributed by atoms with Gasteiger partial charge in [0.25, 0.3) is 5.91 Å². The molecule has 176 valence electrons. The average molecular weight is 483 g/mol. The van der Waals surface area contributed by atoms with Crippen LogP contribution >= 0.6 is 11.6 Å². The molecule has 1 fully saturated rings. The molecular weight excluding hydrogens is 456 g/mol. The van der Waals surface area contributed by atoms with Gasteiger partial charge in [0.15, 0.2) is 5.82 Å². The van der Waals surface area contributed by atoms with Crippen LogP contribution < -0.4 is 4.90 Å². The van der Waals surface area contributed by atoms with E-state index >= 15 is 0 Å². The van der Waals surface area contributed by atoms with Gasteiger partial charge in [-0.15, -0.1) is 0 Å². The fraction of sp³-hybridized carbons (Fsp3) is 0.207. The second kappa shape index (κ2) is 10.3. The minimum atomic E-state index is -0.0244. The van der Waals surface area contributed by atoms with E-state index in [-0.39, 0.29) is 5.91 Å². The molecule has 1 amide bonds. The second-order valence-corrected chi connectivity index (χ2v) is 9.13. The Morgan fingerprint density at radius 1 is 0.829 bits per heavy atom. The van der Waals surface area contributed by atoms with Crippen molar-refractivity contribution in [2.45, 2.75) is 13.3 Å². The zero-order valence-electron chi connectivity index (χ0n) is 19.7. The third kappa shape index (κ3) is 5.05. The molecule has 0 aliphatic carbocycles. The Morgan fingerprint density at radius 3 is 2.14 bits per heavy atom. The van der Waals surface area contributed by atoms with Gasteiger partial charge >= 0.3 is 0 Å². The van der Waals surface area contributed by atoms with Gasteiger partial charge in [-0.2, -0.15) is 0 Å². The molecule has 0 spiro atoms. The minimum absolute atomic E-state index is 0.0244. The largest absolute Gasteiger partial charge is 0.353 e. The molecular formula is C29H27ClN4O. The standard InChI is InChI=1S/C29H27ClN4O/c1-21-25(20-22-10-4-2-5-11-22)28(32-27(31-21)23-12-6-3-7-13-23)33-16-18-34(19-17-33)29(35)24-14-8-9-15-26(24)30/h2-15H,16-20H2,1H3. The van der Waals surface area contributed by atoms with Crippen LogP contribution in [0.15, 0.2) is 84.9 Å².